The second-order valence-corrected chi connectivity index (χ2v) is 2.94. The number of carboxylic acid groups (broad SMARTS) is 1. The summed E-state index contributed by atoms with van der Waals surface area (Å²) in [5, 5.41) is 11.4. The largest absolute Gasteiger partial charge is 0.480 e. The zero-order valence-corrected chi connectivity index (χ0v) is 7.86. The molecule has 1 aromatic rings. The number of aliphatic carboxylic acids is 1. The van der Waals surface area contributed by atoms with Crippen molar-refractivity contribution < 1.29 is 9.90 Å². The van der Waals surface area contributed by atoms with E-state index >= 15 is 0 Å². The molecule has 0 spiro atoms. The Morgan fingerprint density at radius 3 is 2.79 bits per heavy atom. The summed E-state index contributed by atoms with van der Waals surface area (Å²) in [4.78, 5) is 10.4. The fraction of sp³-hybridized carbons (Fsp3) is 0.300. The number of nitrogens with two attached hydrogens (primary N) is 1. The first kappa shape index (κ1) is 10.5. The molecule has 4 heteroatoms. The third kappa shape index (κ3) is 3.06. The standard InChI is InChI=1S/C10H14N2O2/c11-6-5-8-3-1-2-4-9(8)12-7-10(13)14/h1-4,12H,5-7,11H2,(H,13,14). The lowest BCUT2D eigenvalue weighted by molar-refractivity contribution is -0.134. The van der Waals surface area contributed by atoms with Crippen LogP contribution in [0.15, 0.2) is 24.3 Å². The molecule has 0 aliphatic rings. The molecule has 4 nitrogen and oxygen atoms in total. The molecule has 14 heavy (non-hydrogen) atoms. The first-order valence-corrected chi connectivity index (χ1v) is 4.47. The molecule has 0 fully saturated rings. The van der Waals surface area contributed by atoms with Crippen LogP contribution in [0.2, 0.25) is 0 Å². The second kappa shape index (κ2) is 5.24. The van der Waals surface area contributed by atoms with Crippen LogP contribution in [0.5, 0.6) is 0 Å². The highest BCUT2D eigenvalue weighted by molar-refractivity contribution is 5.73. The Morgan fingerprint density at radius 2 is 2.14 bits per heavy atom. The van der Waals surface area contributed by atoms with Gasteiger partial charge in [0.15, 0.2) is 0 Å². The van der Waals surface area contributed by atoms with Gasteiger partial charge in [0.05, 0.1) is 0 Å². The van der Waals surface area contributed by atoms with Gasteiger partial charge < -0.3 is 16.2 Å². The summed E-state index contributed by atoms with van der Waals surface area (Å²) in [5.41, 5.74) is 7.34. The molecule has 0 heterocycles. The maximum absolute atomic E-state index is 10.4. The van der Waals surface area contributed by atoms with Crippen LogP contribution >= 0.6 is 0 Å². The third-order valence-corrected chi connectivity index (χ3v) is 1.86. The summed E-state index contributed by atoms with van der Waals surface area (Å²) in [7, 11) is 0. The van der Waals surface area contributed by atoms with E-state index in [1.165, 1.54) is 0 Å². The van der Waals surface area contributed by atoms with Gasteiger partial charge >= 0.3 is 5.97 Å². The summed E-state index contributed by atoms with van der Waals surface area (Å²) < 4.78 is 0. The van der Waals surface area contributed by atoms with Gasteiger partial charge in [-0.05, 0) is 24.6 Å². The van der Waals surface area contributed by atoms with Crippen LogP contribution in [0.4, 0.5) is 5.69 Å². The van der Waals surface area contributed by atoms with Crippen LogP contribution in [0.1, 0.15) is 5.56 Å². The molecule has 0 aliphatic carbocycles. The van der Waals surface area contributed by atoms with Crippen LogP contribution in [0.3, 0.4) is 0 Å². The molecule has 1 rings (SSSR count). The molecule has 0 atom stereocenters. The van der Waals surface area contributed by atoms with Gasteiger partial charge in [-0.15, -0.1) is 0 Å². The smallest absolute Gasteiger partial charge is 0.322 e. The molecule has 0 bridgehead atoms. The van der Waals surface area contributed by atoms with E-state index in [1.54, 1.807) is 0 Å². The Morgan fingerprint density at radius 1 is 1.43 bits per heavy atom. The minimum absolute atomic E-state index is 0.0679. The van der Waals surface area contributed by atoms with Crippen molar-refractivity contribution in [2.45, 2.75) is 6.42 Å². The summed E-state index contributed by atoms with van der Waals surface area (Å²) in [5.74, 6) is -0.868. The van der Waals surface area contributed by atoms with Gasteiger partial charge in [0.25, 0.3) is 0 Å². The molecule has 76 valence electrons. The number of hydrogen-bond donors (Lipinski definition) is 3. The zero-order chi connectivity index (χ0) is 10.4. The Balaban J connectivity index is 2.68. The highest BCUT2D eigenvalue weighted by atomic mass is 16.4. The van der Waals surface area contributed by atoms with Gasteiger partial charge in [-0.25, -0.2) is 0 Å². The summed E-state index contributed by atoms with van der Waals surface area (Å²) in [6, 6.07) is 7.58. The van der Waals surface area contributed by atoms with Crippen LogP contribution in [0.25, 0.3) is 0 Å². The van der Waals surface area contributed by atoms with Gasteiger partial charge in [0.1, 0.15) is 6.54 Å². The fourth-order valence-corrected chi connectivity index (χ4v) is 1.24. The van der Waals surface area contributed by atoms with Crippen LogP contribution < -0.4 is 11.1 Å². The van der Waals surface area contributed by atoms with E-state index < -0.39 is 5.97 Å². The molecule has 1 aromatic carbocycles. The average molecular weight is 194 g/mol. The van der Waals surface area contributed by atoms with Crippen LogP contribution in [-0.4, -0.2) is 24.2 Å². The SMILES string of the molecule is NCCc1ccccc1NCC(=O)O. The first-order chi connectivity index (χ1) is 6.74. The Kier molecular flexibility index (Phi) is 3.94. The maximum atomic E-state index is 10.4. The van der Waals surface area contributed by atoms with E-state index in [0.717, 1.165) is 17.7 Å². The number of benzene rings is 1. The zero-order valence-electron chi connectivity index (χ0n) is 7.86. The third-order valence-electron chi connectivity index (χ3n) is 1.86. The van der Waals surface area contributed by atoms with Gasteiger partial charge in [-0.3, -0.25) is 4.79 Å². The molecule has 4 N–H and O–H groups in total. The minimum atomic E-state index is -0.868. The summed E-state index contributed by atoms with van der Waals surface area (Å²) in [6.07, 6.45) is 0.753. The van der Waals surface area contributed by atoms with Gasteiger partial charge in [-0.2, -0.15) is 0 Å². The van der Waals surface area contributed by atoms with E-state index in [-0.39, 0.29) is 6.54 Å². The van der Waals surface area contributed by atoms with Crippen LogP contribution in [-0.2, 0) is 11.2 Å². The predicted molar refractivity (Wildman–Crippen MR) is 55.3 cm³/mol. The number of carbonyl (C=O) groups is 1. The van der Waals surface area contributed by atoms with Crippen molar-refractivity contribution in [3.63, 3.8) is 0 Å². The summed E-state index contributed by atoms with van der Waals surface area (Å²) >= 11 is 0. The Labute approximate surface area is 82.7 Å². The van der Waals surface area contributed by atoms with E-state index in [4.69, 9.17) is 10.8 Å². The Hall–Kier alpha value is -1.55. The highest BCUT2D eigenvalue weighted by Gasteiger charge is 2.01. The van der Waals surface area contributed by atoms with Crippen molar-refractivity contribution in [1.29, 1.82) is 0 Å². The number of nitrogens with one attached hydrogen (secondary N) is 1. The quantitative estimate of drug-likeness (QED) is 0.644. The summed E-state index contributed by atoms with van der Waals surface area (Å²) in [6.45, 7) is 0.493. The lowest BCUT2D eigenvalue weighted by Crippen LogP contribution is -2.14. The topological polar surface area (TPSA) is 75.3 Å². The average Bonchev–Trinajstić information content (AvgIpc) is 2.17. The molecule has 0 saturated heterocycles. The normalized spacial score (nSPS) is 9.79. The number of para-hydroxylation sites is 1. The predicted octanol–water partition coefficient (Wildman–Crippen LogP) is 0.684. The lowest BCUT2D eigenvalue weighted by atomic mass is 10.1. The van der Waals surface area contributed by atoms with Gasteiger partial charge in [0.2, 0.25) is 0 Å². The van der Waals surface area contributed by atoms with Crippen molar-refractivity contribution in [2.75, 3.05) is 18.4 Å². The van der Waals surface area contributed by atoms with Crippen LogP contribution in [0, 0.1) is 0 Å². The molecule has 0 saturated carbocycles. The molecule has 0 aromatic heterocycles. The van der Waals surface area contributed by atoms with E-state index in [0.29, 0.717) is 6.54 Å². The number of anilines is 1. The molecule has 0 radical (unpaired) electrons. The molecule has 0 aliphatic heterocycles. The second-order valence-electron chi connectivity index (χ2n) is 2.94. The molecular weight excluding hydrogens is 180 g/mol. The minimum Gasteiger partial charge on any atom is -0.480 e. The fourth-order valence-electron chi connectivity index (χ4n) is 1.24. The molecular formula is C10H14N2O2. The van der Waals surface area contributed by atoms with Gasteiger partial charge in [0, 0.05) is 5.69 Å². The molecule has 0 unspecified atom stereocenters. The van der Waals surface area contributed by atoms with Crippen molar-refractivity contribution in [3.8, 4) is 0 Å². The van der Waals surface area contributed by atoms with E-state index in [1.807, 2.05) is 24.3 Å². The van der Waals surface area contributed by atoms with Gasteiger partial charge in [-0.1, -0.05) is 18.2 Å². The first-order valence-electron chi connectivity index (χ1n) is 4.47. The Bertz CT molecular complexity index is 313. The van der Waals surface area contributed by atoms with E-state index in [9.17, 15) is 4.79 Å². The van der Waals surface area contributed by atoms with Crippen molar-refractivity contribution >= 4 is 11.7 Å². The number of rotatable bonds is 5. The monoisotopic (exact) mass is 194 g/mol. The lowest BCUT2D eigenvalue weighted by Gasteiger charge is -2.09. The molecule has 0 amide bonds. The maximum Gasteiger partial charge on any atom is 0.322 e. The van der Waals surface area contributed by atoms with E-state index in [2.05, 4.69) is 5.32 Å². The van der Waals surface area contributed by atoms with Crippen molar-refractivity contribution in [3.05, 3.63) is 29.8 Å². The van der Waals surface area contributed by atoms with Crippen molar-refractivity contribution in [2.24, 2.45) is 5.73 Å². The number of carboxylic acids is 1. The number of hydrogen-bond acceptors (Lipinski definition) is 3. The van der Waals surface area contributed by atoms with Crippen molar-refractivity contribution in [1.82, 2.24) is 0 Å². The highest BCUT2D eigenvalue weighted by Crippen LogP contribution is 2.14.